The van der Waals surface area contributed by atoms with Crippen LogP contribution in [-0.4, -0.2) is 24.0 Å². The highest BCUT2D eigenvalue weighted by molar-refractivity contribution is 6.19. The zero-order chi connectivity index (χ0) is 22.3. The zero-order valence-corrected chi connectivity index (χ0v) is 18.1. The van der Waals surface area contributed by atoms with Gasteiger partial charge in [0, 0.05) is 22.5 Å². The molecule has 5 heteroatoms. The number of carbonyl (C=O) groups is 2. The average Bonchev–Trinajstić information content (AvgIpc) is 2.80. The quantitative estimate of drug-likeness (QED) is 0.607. The maximum absolute atomic E-state index is 13.8. The van der Waals surface area contributed by atoms with Gasteiger partial charge in [0.2, 0.25) is 5.91 Å². The Labute approximate surface area is 187 Å². The van der Waals surface area contributed by atoms with Crippen LogP contribution in [0.4, 0.5) is 11.4 Å². The van der Waals surface area contributed by atoms with Crippen molar-refractivity contribution in [2.75, 3.05) is 16.8 Å². The number of ether oxygens (including phenoxy) is 1. The number of hydrogen-bond donors (Lipinski definition) is 1. The van der Waals surface area contributed by atoms with Gasteiger partial charge in [0.25, 0.3) is 5.91 Å². The number of benzene rings is 3. The van der Waals surface area contributed by atoms with E-state index in [0.717, 1.165) is 28.0 Å². The Bertz CT molecular complexity index is 1230. The lowest BCUT2D eigenvalue weighted by Gasteiger charge is -2.52. The molecule has 2 aliphatic heterocycles. The average molecular weight is 425 g/mol. The Kier molecular flexibility index (Phi) is 4.82. The predicted octanol–water partition coefficient (Wildman–Crippen LogP) is 4.89. The van der Waals surface area contributed by atoms with E-state index >= 15 is 0 Å². The number of nitrogens with zero attached hydrogens (tertiary/aromatic N) is 1. The summed E-state index contributed by atoms with van der Waals surface area (Å²) in [7, 11) is 0. The molecule has 2 amide bonds. The summed E-state index contributed by atoms with van der Waals surface area (Å²) >= 11 is 0. The fraction of sp³-hybridized carbons (Fsp3) is 0.185. The summed E-state index contributed by atoms with van der Waals surface area (Å²) in [6, 6.07) is 23.0. The lowest BCUT2D eigenvalue weighted by Crippen LogP contribution is -2.71. The number of aryl methyl sites for hydroxylation is 2. The molecule has 2 aliphatic rings. The minimum Gasteiger partial charge on any atom is -0.489 e. The minimum absolute atomic E-state index is 0.0901. The molecule has 1 N–H and O–H groups in total. The molecule has 1 fully saturated rings. The molecule has 5 rings (SSSR count). The normalized spacial score (nSPS) is 19.4. The van der Waals surface area contributed by atoms with Gasteiger partial charge in [-0.05, 0) is 50.3 Å². The number of hydrogen-bond acceptors (Lipinski definition) is 3. The van der Waals surface area contributed by atoms with Crippen molar-refractivity contribution in [1.29, 1.82) is 0 Å². The summed E-state index contributed by atoms with van der Waals surface area (Å²) < 4.78 is 5.99. The molecule has 1 unspecified atom stereocenters. The number of nitrogens with one attached hydrogen (secondary N) is 1. The van der Waals surface area contributed by atoms with E-state index < -0.39 is 5.54 Å². The van der Waals surface area contributed by atoms with E-state index in [-0.39, 0.29) is 24.8 Å². The third-order valence-electron chi connectivity index (χ3n) is 6.18. The number of rotatable bonds is 4. The molecule has 3 aromatic rings. The second-order valence-electron chi connectivity index (χ2n) is 8.42. The Morgan fingerprint density at radius 1 is 0.938 bits per heavy atom. The molecule has 5 nitrogen and oxygen atoms in total. The molecule has 0 radical (unpaired) electrons. The molecule has 1 saturated heterocycles. The number of carbonyl (C=O) groups excluding carboxylic acids is 2. The number of fused-ring (bicyclic) bond motifs is 1. The van der Waals surface area contributed by atoms with Crippen molar-refractivity contribution in [3.8, 4) is 5.75 Å². The third-order valence-corrected chi connectivity index (χ3v) is 6.18. The Morgan fingerprint density at radius 3 is 2.28 bits per heavy atom. The van der Waals surface area contributed by atoms with Gasteiger partial charge in [0.1, 0.15) is 12.4 Å². The first kappa shape index (κ1) is 20.1. The van der Waals surface area contributed by atoms with E-state index in [2.05, 4.69) is 5.32 Å². The van der Waals surface area contributed by atoms with E-state index in [1.165, 1.54) is 0 Å². The van der Waals surface area contributed by atoms with E-state index in [9.17, 15) is 9.59 Å². The van der Waals surface area contributed by atoms with Crippen molar-refractivity contribution in [1.82, 2.24) is 0 Å². The highest BCUT2D eigenvalue weighted by Gasteiger charge is 2.60. The molecule has 0 bridgehead atoms. The standard InChI is InChI=1S/C27H24N2O3/c1-18-7-11-22(12-8-18)28-26(31)27(21-15-20-5-3-4-6-24(20)32-17-21)16-25(30)29(27)23-13-9-19(2)10-14-23/h3-15H,16-17H2,1-2H3,(H,28,31). The Morgan fingerprint density at radius 2 is 1.59 bits per heavy atom. The van der Waals surface area contributed by atoms with Gasteiger partial charge in [0.05, 0.1) is 6.42 Å². The lowest BCUT2D eigenvalue weighted by molar-refractivity contribution is -0.135. The van der Waals surface area contributed by atoms with E-state index in [1.54, 1.807) is 4.90 Å². The first-order chi connectivity index (χ1) is 15.5. The molecule has 0 spiro atoms. The summed E-state index contributed by atoms with van der Waals surface area (Å²) in [6.45, 7) is 4.24. The van der Waals surface area contributed by atoms with Gasteiger partial charge in [0.15, 0.2) is 5.54 Å². The van der Waals surface area contributed by atoms with Gasteiger partial charge in [-0.25, -0.2) is 0 Å². The molecule has 160 valence electrons. The molecule has 3 aromatic carbocycles. The van der Waals surface area contributed by atoms with Crippen LogP contribution in [0.15, 0.2) is 78.4 Å². The van der Waals surface area contributed by atoms with Crippen LogP contribution in [0.25, 0.3) is 6.08 Å². The minimum atomic E-state index is -1.15. The van der Waals surface area contributed by atoms with Crippen molar-refractivity contribution < 1.29 is 14.3 Å². The second-order valence-corrected chi connectivity index (χ2v) is 8.42. The third kappa shape index (κ3) is 3.26. The van der Waals surface area contributed by atoms with Crippen molar-refractivity contribution in [3.63, 3.8) is 0 Å². The maximum Gasteiger partial charge on any atom is 0.255 e. The summed E-state index contributed by atoms with van der Waals surface area (Å²) in [6.07, 6.45) is 2.08. The van der Waals surface area contributed by atoms with Crippen LogP contribution >= 0.6 is 0 Å². The van der Waals surface area contributed by atoms with Crippen LogP contribution in [0.5, 0.6) is 5.75 Å². The Hall–Kier alpha value is -3.86. The van der Waals surface area contributed by atoms with Crippen molar-refractivity contribution in [2.24, 2.45) is 0 Å². The molecular weight excluding hydrogens is 400 g/mol. The summed E-state index contributed by atoms with van der Waals surface area (Å²) in [5.41, 5.74) is 4.11. The molecule has 1 atom stereocenters. The molecule has 0 aromatic heterocycles. The SMILES string of the molecule is Cc1ccc(NC(=O)C2(C3=Cc4ccccc4OC3)CC(=O)N2c2ccc(C)cc2)cc1. The number of β-lactam (4-membered cyclic amide) rings is 1. The smallest absolute Gasteiger partial charge is 0.255 e. The van der Waals surface area contributed by atoms with Crippen molar-refractivity contribution >= 4 is 29.3 Å². The lowest BCUT2D eigenvalue weighted by atomic mass is 9.74. The number of amides is 2. The molecule has 0 saturated carbocycles. The van der Waals surface area contributed by atoms with Crippen LogP contribution in [0.3, 0.4) is 0 Å². The van der Waals surface area contributed by atoms with Gasteiger partial charge < -0.3 is 10.1 Å². The molecule has 32 heavy (non-hydrogen) atoms. The summed E-state index contributed by atoms with van der Waals surface area (Å²) in [5, 5.41) is 3.04. The van der Waals surface area contributed by atoms with Gasteiger partial charge in [-0.3, -0.25) is 14.5 Å². The molecule has 2 heterocycles. The summed E-state index contributed by atoms with van der Waals surface area (Å²) in [4.78, 5) is 28.3. The van der Waals surface area contributed by atoms with Crippen LogP contribution < -0.4 is 15.0 Å². The predicted molar refractivity (Wildman–Crippen MR) is 126 cm³/mol. The second kappa shape index (κ2) is 7.68. The number of para-hydroxylation sites is 1. The Balaban J connectivity index is 1.60. The first-order valence-corrected chi connectivity index (χ1v) is 10.7. The highest BCUT2D eigenvalue weighted by Crippen LogP contribution is 2.45. The first-order valence-electron chi connectivity index (χ1n) is 10.7. The fourth-order valence-corrected chi connectivity index (χ4v) is 4.37. The topological polar surface area (TPSA) is 58.6 Å². The van der Waals surface area contributed by atoms with Crippen LogP contribution in [0.1, 0.15) is 23.1 Å². The largest absolute Gasteiger partial charge is 0.489 e. The van der Waals surface area contributed by atoms with Crippen LogP contribution in [-0.2, 0) is 9.59 Å². The maximum atomic E-state index is 13.8. The van der Waals surface area contributed by atoms with Gasteiger partial charge >= 0.3 is 0 Å². The summed E-state index contributed by atoms with van der Waals surface area (Å²) in [5.74, 6) is 0.446. The van der Waals surface area contributed by atoms with Gasteiger partial charge in [-0.1, -0.05) is 53.6 Å². The van der Waals surface area contributed by atoms with E-state index in [4.69, 9.17) is 4.74 Å². The van der Waals surface area contributed by atoms with Crippen LogP contribution in [0, 0.1) is 13.8 Å². The van der Waals surface area contributed by atoms with E-state index in [1.807, 2.05) is 92.7 Å². The zero-order valence-electron chi connectivity index (χ0n) is 18.1. The van der Waals surface area contributed by atoms with E-state index in [0.29, 0.717) is 11.4 Å². The highest BCUT2D eigenvalue weighted by atomic mass is 16.5. The molecule has 0 aliphatic carbocycles. The van der Waals surface area contributed by atoms with Crippen molar-refractivity contribution in [3.05, 3.63) is 95.1 Å². The van der Waals surface area contributed by atoms with Gasteiger partial charge in [-0.2, -0.15) is 0 Å². The van der Waals surface area contributed by atoms with Gasteiger partial charge in [-0.15, -0.1) is 0 Å². The molecular formula is C27H24N2O3. The number of anilines is 2. The van der Waals surface area contributed by atoms with Crippen LogP contribution in [0.2, 0.25) is 0 Å². The fourth-order valence-electron chi connectivity index (χ4n) is 4.37. The monoisotopic (exact) mass is 424 g/mol. The van der Waals surface area contributed by atoms with Crippen molar-refractivity contribution in [2.45, 2.75) is 25.8 Å².